The number of halogens is 5. The van der Waals surface area contributed by atoms with E-state index in [-0.39, 0.29) is 22.3 Å². The van der Waals surface area contributed by atoms with Gasteiger partial charge in [-0.3, -0.25) is 4.79 Å². The van der Waals surface area contributed by atoms with Gasteiger partial charge in [0.1, 0.15) is 23.0 Å². The van der Waals surface area contributed by atoms with Crippen molar-refractivity contribution in [3.8, 4) is 22.6 Å². The van der Waals surface area contributed by atoms with Crippen molar-refractivity contribution in [3.05, 3.63) is 70.9 Å². The molecule has 0 atom stereocenters. The Kier molecular flexibility index (Phi) is 6.88. The summed E-state index contributed by atoms with van der Waals surface area (Å²) < 4.78 is 63.6. The fraction of sp³-hybridized carbons (Fsp3) is 0.182. The molecular weight excluding hydrogens is 452 g/mol. The lowest BCUT2D eigenvalue weighted by Crippen LogP contribution is -2.35. The number of aromatic nitrogens is 1. The van der Waals surface area contributed by atoms with Crippen LogP contribution >= 0.6 is 11.6 Å². The third kappa shape index (κ3) is 4.94. The first kappa shape index (κ1) is 23.3. The number of nitrogens with zero attached hydrogens (tertiary/aromatic N) is 1. The minimum absolute atomic E-state index is 0.0414. The molecule has 1 aliphatic heterocycles. The summed E-state index contributed by atoms with van der Waals surface area (Å²) in [6.07, 6.45) is -2.10. The van der Waals surface area contributed by atoms with Crippen molar-refractivity contribution < 1.29 is 31.8 Å². The number of rotatable bonds is 3. The van der Waals surface area contributed by atoms with Crippen molar-refractivity contribution >= 4 is 23.3 Å². The Bertz CT molecular complexity index is 1120. The Hall–Kier alpha value is -3.33. The molecule has 1 aromatic heterocycles. The Morgan fingerprint density at radius 1 is 1.09 bits per heavy atom. The first-order valence-corrected chi connectivity index (χ1v) is 9.86. The van der Waals surface area contributed by atoms with Crippen LogP contribution in [-0.2, 0) is 0 Å². The van der Waals surface area contributed by atoms with E-state index >= 15 is 0 Å². The van der Waals surface area contributed by atoms with Gasteiger partial charge in [-0.25, -0.2) is 13.8 Å². The van der Waals surface area contributed by atoms with Gasteiger partial charge in [-0.15, -0.1) is 0 Å². The van der Waals surface area contributed by atoms with Crippen LogP contribution in [-0.4, -0.2) is 23.6 Å². The highest BCUT2D eigenvalue weighted by Crippen LogP contribution is 2.43. The second-order valence-electron chi connectivity index (χ2n) is 6.29. The maximum absolute atomic E-state index is 13.7. The van der Waals surface area contributed by atoms with E-state index < -0.39 is 35.8 Å². The zero-order valence-corrected chi connectivity index (χ0v) is 17.6. The lowest BCUT2D eigenvalue weighted by atomic mass is 10.1. The van der Waals surface area contributed by atoms with Crippen LogP contribution in [0.5, 0.6) is 11.5 Å². The summed E-state index contributed by atoms with van der Waals surface area (Å²) in [5.74, 6) is -3.06. The van der Waals surface area contributed by atoms with Crippen LogP contribution in [0.4, 0.5) is 23.4 Å². The lowest BCUT2D eigenvalue weighted by molar-refractivity contribution is -0.208. The summed E-state index contributed by atoms with van der Waals surface area (Å²) in [6.45, 7) is 3.07. The number of pyridine rings is 1. The maximum Gasteiger partial charge on any atom is 0.433 e. The van der Waals surface area contributed by atoms with Crippen LogP contribution in [0.2, 0.25) is 5.02 Å². The summed E-state index contributed by atoms with van der Waals surface area (Å²) in [4.78, 5) is 16.2. The number of fused-ring (bicyclic) bond motifs is 1. The molecule has 0 aliphatic carbocycles. The zero-order valence-electron chi connectivity index (χ0n) is 16.9. The summed E-state index contributed by atoms with van der Waals surface area (Å²) in [5.41, 5.74) is 0.184. The molecule has 0 saturated carbocycles. The number of hydrogen-bond acceptors (Lipinski definition) is 4. The SMILES string of the molecule is CC.O=C(Nc1ccc(-c2cc3c(cc2Cl)OC(F)(F)CO3)cn1)c1c(F)cccc1F. The molecule has 168 valence electrons. The Morgan fingerprint density at radius 3 is 2.41 bits per heavy atom. The van der Waals surface area contributed by atoms with E-state index in [1.165, 1.54) is 30.5 Å². The average Bonchev–Trinajstić information content (AvgIpc) is 2.75. The van der Waals surface area contributed by atoms with Crippen molar-refractivity contribution in [3.63, 3.8) is 0 Å². The fourth-order valence-electron chi connectivity index (χ4n) is 2.82. The molecule has 0 spiro atoms. The van der Waals surface area contributed by atoms with Gasteiger partial charge >= 0.3 is 6.11 Å². The van der Waals surface area contributed by atoms with Gasteiger partial charge in [-0.05, 0) is 30.3 Å². The molecule has 0 fully saturated rings. The van der Waals surface area contributed by atoms with E-state index in [0.29, 0.717) is 11.1 Å². The molecule has 0 unspecified atom stereocenters. The van der Waals surface area contributed by atoms with E-state index in [0.717, 1.165) is 18.2 Å². The topological polar surface area (TPSA) is 60.5 Å². The third-order valence-electron chi connectivity index (χ3n) is 4.19. The van der Waals surface area contributed by atoms with E-state index in [9.17, 15) is 22.4 Å². The quantitative estimate of drug-likeness (QED) is 0.457. The van der Waals surface area contributed by atoms with Gasteiger partial charge in [-0.2, -0.15) is 8.78 Å². The second-order valence-corrected chi connectivity index (χ2v) is 6.70. The largest absolute Gasteiger partial charge is 0.479 e. The van der Waals surface area contributed by atoms with Gasteiger partial charge in [0.2, 0.25) is 0 Å². The first-order valence-electron chi connectivity index (χ1n) is 9.48. The lowest BCUT2D eigenvalue weighted by Gasteiger charge is -2.26. The predicted octanol–water partition coefficient (Wildman–Crippen LogP) is 6.32. The number of ether oxygens (including phenoxy) is 2. The van der Waals surface area contributed by atoms with Gasteiger partial charge in [0.25, 0.3) is 5.91 Å². The summed E-state index contributed by atoms with van der Waals surface area (Å²) in [5, 5.41) is 2.41. The van der Waals surface area contributed by atoms with Crippen LogP contribution in [0, 0.1) is 11.6 Å². The van der Waals surface area contributed by atoms with Crippen LogP contribution < -0.4 is 14.8 Å². The summed E-state index contributed by atoms with van der Waals surface area (Å²) in [7, 11) is 0. The maximum atomic E-state index is 13.7. The second kappa shape index (κ2) is 9.44. The number of carbonyl (C=O) groups excluding carboxylic acids is 1. The van der Waals surface area contributed by atoms with E-state index in [1.54, 1.807) is 0 Å². The van der Waals surface area contributed by atoms with Gasteiger partial charge in [0, 0.05) is 23.4 Å². The van der Waals surface area contributed by atoms with Crippen LogP contribution in [0.3, 0.4) is 0 Å². The third-order valence-corrected chi connectivity index (χ3v) is 4.51. The minimum atomic E-state index is -3.45. The number of carbonyl (C=O) groups is 1. The standard InChI is InChI=1S/C20H11ClF4N2O3.C2H6/c21-12-7-16-15(29-9-20(24,25)30-16)6-11(12)10-4-5-17(26-8-10)27-19(28)18-13(22)2-1-3-14(18)23;1-2/h1-8H,9H2,(H,26,27,28);1-2H3. The first-order chi connectivity index (χ1) is 15.2. The van der Waals surface area contributed by atoms with Crippen molar-refractivity contribution in [1.29, 1.82) is 0 Å². The zero-order chi connectivity index (χ0) is 23.5. The molecule has 0 radical (unpaired) electrons. The highest BCUT2D eigenvalue weighted by Gasteiger charge is 2.38. The molecule has 0 saturated heterocycles. The van der Waals surface area contributed by atoms with Crippen LogP contribution in [0.25, 0.3) is 11.1 Å². The highest BCUT2D eigenvalue weighted by molar-refractivity contribution is 6.33. The van der Waals surface area contributed by atoms with Gasteiger partial charge in [-0.1, -0.05) is 31.5 Å². The number of anilines is 1. The number of amides is 1. The van der Waals surface area contributed by atoms with Crippen LogP contribution in [0.1, 0.15) is 24.2 Å². The number of alkyl halides is 2. The molecular formula is C22H17ClF4N2O3. The normalized spacial score (nSPS) is 13.6. The molecule has 0 bridgehead atoms. The van der Waals surface area contributed by atoms with Crippen molar-refractivity contribution in [2.24, 2.45) is 0 Å². The Morgan fingerprint density at radius 2 is 1.78 bits per heavy atom. The van der Waals surface area contributed by atoms with Crippen LogP contribution in [0.15, 0.2) is 48.7 Å². The predicted molar refractivity (Wildman–Crippen MR) is 111 cm³/mol. The average molecular weight is 469 g/mol. The highest BCUT2D eigenvalue weighted by atomic mass is 35.5. The van der Waals surface area contributed by atoms with Gasteiger partial charge < -0.3 is 14.8 Å². The van der Waals surface area contributed by atoms with Gasteiger partial charge in [0.15, 0.2) is 18.1 Å². The molecule has 5 nitrogen and oxygen atoms in total. The van der Waals surface area contributed by atoms with E-state index in [4.69, 9.17) is 16.3 Å². The minimum Gasteiger partial charge on any atom is -0.479 e. The van der Waals surface area contributed by atoms with Crippen molar-refractivity contribution in [2.75, 3.05) is 11.9 Å². The fourth-order valence-corrected chi connectivity index (χ4v) is 3.08. The summed E-state index contributed by atoms with van der Waals surface area (Å²) in [6, 6.07) is 8.64. The van der Waals surface area contributed by atoms with E-state index in [2.05, 4.69) is 15.0 Å². The number of nitrogens with one attached hydrogen (secondary N) is 1. The number of hydrogen-bond donors (Lipinski definition) is 1. The van der Waals surface area contributed by atoms with Crippen molar-refractivity contribution in [2.45, 2.75) is 20.0 Å². The Labute approximate surface area is 185 Å². The molecule has 3 aromatic rings. The molecule has 4 rings (SSSR count). The van der Waals surface area contributed by atoms with Gasteiger partial charge in [0.05, 0.1) is 5.02 Å². The van der Waals surface area contributed by atoms with Crippen molar-refractivity contribution in [1.82, 2.24) is 4.98 Å². The molecule has 2 aromatic carbocycles. The molecule has 32 heavy (non-hydrogen) atoms. The Balaban J connectivity index is 0.00000141. The number of benzene rings is 2. The van der Waals surface area contributed by atoms with E-state index in [1.807, 2.05) is 13.8 Å². The smallest absolute Gasteiger partial charge is 0.433 e. The molecule has 1 aliphatic rings. The molecule has 2 heterocycles. The molecule has 1 amide bonds. The summed E-state index contributed by atoms with van der Waals surface area (Å²) >= 11 is 6.17. The molecule has 1 N–H and O–H groups in total. The monoisotopic (exact) mass is 468 g/mol. The molecule has 10 heteroatoms.